The molecule has 0 radical (unpaired) electrons. The van der Waals surface area contributed by atoms with Crippen molar-refractivity contribution in [1.29, 1.82) is 5.26 Å². The average molecular weight is 337 g/mol. The number of nitriles is 1. The fourth-order valence-electron chi connectivity index (χ4n) is 3.06. The smallest absolute Gasteiger partial charge is 0.277 e. The van der Waals surface area contributed by atoms with Crippen LogP contribution in [0.1, 0.15) is 17.0 Å². The molecule has 0 amide bonds. The van der Waals surface area contributed by atoms with Gasteiger partial charge in [-0.3, -0.25) is 10.1 Å². The fraction of sp³-hybridized carbons (Fsp3) is 0.118. The molecule has 2 aliphatic rings. The first kappa shape index (κ1) is 14.8. The predicted molar refractivity (Wildman–Crippen MR) is 85.0 cm³/mol. The van der Waals surface area contributed by atoms with Gasteiger partial charge in [-0.05, 0) is 12.1 Å². The molecule has 4 rings (SSSR count). The summed E-state index contributed by atoms with van der Waals surface area (Å²) in [5.41, 5.74) is 6.73. The molecule has 8 heteroatoms. The molecule has 25 heavy (non-hydrogen) atoms. The number of ether oxygens (including phenoxy) is 3. The average Bonchev–Trinajstić information content (AvgIpc) is 3.06. The van der Waals surface area contributed by atoms with Crippen LogP contribution in [0.4, 0.5) is 5.69 Å². The first-order valence-corrected chi connectivity index (χ1v) is 7.34. The lowest BCUT2D eigenvalue weighted by Gasteiger charge is -2.26. The minimum Gasteiger partial charge on any atom is -0.454 e. The summed E-state index contributed by atoms with van der Waals surface area (Å²) in [6, 6.07) is 11.8. The summed E-state index contributed by atoms with van der Waals surface area (Å²) in [6.45, 7) is -0.0105. The van der Waals surface area contributed by atoms with Crippen molar-refractivity contribution in [2.45, 2.75) is 5.92 Å². The molecule has 0 aromatic heterocycles. The van der Waals surface area contributed by atoms with Gasteiger partial charge in [-0.15, -0.1) is 0 Å². The summed E-state index contributed by atoms with van der Waals surface area (Å²) in [5, 5.41) is 21.1. The molecule has 2 aromatic rings. The molecule has 0 bridgehead atoms. The molecular formula is C17H11N3O5. The molecule has 124 valence electrons. The summed E-state index contributed by atoms with van der Waals surface area (Å²) < 4.78 is 16.1. The second kappa shape index (κ2) is 5.42. The zero-order valence-corrected chi connectivity index (χ0v) is 12.8. The SMILES string of the molecule is N#CC1=C(N)Oc2ccccc2[C@H]1c1cc2c(cc1[N+](=O)[O-])OCO2. The number of nitrogens with zero attached hydrogens (tertiary/aromatic N) is 2. The molecule has 0 saturated carbocycles. The number of hydrogen-bond acceptors (Lipinski definition) is 7. The first-order chi connectivity index (χ1) is 12.1. The lowest BCUT2D eigenvalue weighted by atomic mass is 9.82. The van der Waals surface area contributed by atoms with Crippen LogP contribution in [0, 0.1) is 21.4 Å². The van der Waals surface area contributed by atoms with Gasteiger partial charge in [0.05, 0.1) is 16.9 Å². The molecule has 0 unspecified atom stereocenters. The second-order valence-corrected chi connectivity index (χ2v) is 5.48. The van der Waals surface area contributed by atoms with Gasteiger partial charge in [-0.25, -0.2) is 0 Å². The number of rotatable bonds is 2. The van der Waals surface area contributed by atoms with Gasteiger partial charge < -0.3 is 19.9 Å². The van der Waals surface area contributed by atoms with Crippen molar-refractivity contribution in [2.24, 2.45) is 5.73 Å². The Morgan fingerprint density at radius 2 is 1.88 bits per heavy atom. The lowest BCUT2D eigenvalue weighted by Crippen LogP contribution is -2.21. The minimum absolute atomic E-state index is 0.0105. The number of benzene rings is 2. The van der Waals surface area contributed by atoms with Crippen LogP contribution in [-0.4, -0.2) is 11.7 Å². The highest BCUT2D eigenvalue weighted by Gasteiger charge is 2.36. The number of nitro groups is 1. The van der Waals surface area contributed by atoms with Crippen molar-refractivity contribution in [2.75, 3.05) is 6.79 Å². The lowest BCUT2D eigenvalue weighted by molar-refractivity contribution is -0.385. The quantitative estimate of drug-likeness (QED) is 0.660. The Labute approximate surface area is 141 Å². The van der Waals surface area contributed by atoms with E-state index in [1.165, 1.54) is 12.1 Å². The maximum absolute atomic E-state index is 11.6. The molecule has 0 saturated heterocycles. The number of para-hydroxylation sites is 1. The van der Waals surface area contributed by atoms with Crippen molar-refractivity contribution in [3.8, 4) is 23.3 Å². The maximum atomic E-state index is 11.6. The third kappa shape index (κ3) is 2.21. The molecule has 0 spiro atoms. The van der Waals surface area contributed by atoms with E-state index >= 15 is 0 Å². The Hall–Kier alpha value is -3.73. The predicted octanol–water partition coefficient (Wildman–Crippen LogP) is 2.54. The van der Waals surface area contributed by atoms with Gasteiger partial charge in [0.2, 0.25) is 12.7 Å². The first-order valence-electron chi connectivity index (χ1n) is 7.34. The summed E-state index contributed by atoms with van der Waals surface area (Å²) in [7, 11) is 0. The van der Waals surface area contributed by atoms with Crippen LogP contribution in [0.2, 0.25) is 0 Å². The summed E-state index contributed by atoms with van der Waals surface area (Å²) in [4.78, 5) is 11.1. The maximum Gasteiger partial charge on any atom is 0.277 e. The van der Waals surface area contributed by atoms with E-state index in [2.05, 4.69) is 0 Å². The van der Waals surface area contributed by atoms with E-state index in [-0.39, 0.29) is 23.9 Å². The van der Waals surface area contributed by atoms with E-state index in [0.717, 1.165) is 0 Å². The van der Waals surface area contributed by atoms with Gasteiger partial charge >= 0.3 is 0 Å². The molecule has 0 fully saturated rings. The van der Waals surface area contributed by atoms with Crippen LogP contribution in [-0.2, 0) is 0 Å². The van der Waals surface area contributed by atoms with Crippen molar-refractivity contribution in [3.63, 3.8) is 0 Å². The molecule has 2 heterocycles. The minimum atomic E-state index is -0.732. The molecule has 2 aromatic carbocycles. The number of nitro benzene ring substituents is 1. The van der Waals surface area contributed by atoms with E-state index < -0.39 is 10.8 Å². The third-order valence-electron chi connectivity index (χ3n) is 4.15. The van der Waals surface area contributed by atoms with Crippen molar-refractivity contribution in [1.82, 2.24) is 0 Å². The molecule has 1 atom stereocenters. The summed E-state index contributed by atoms with van der Waals surface area (Å²) >= 11 is 0. The Kier molecular flexibility index (Phi) is 3.22. The van der Waals surface area contributed by atoms with Gasteiger partial charge in [0.25, 0.3) is 5.69 Å². The Bertz CT molecular complexity index is 977. The van der Waals surface area contributed by atoms with Gasteiger partial charge in [-0.2, -0.15) is 5.26 Å². The standard InChI is InChI=1S/C17H11N3O5/c18-7-11-16(9-3-1-2-4-13(9)25-17(11)19)10-5-14-15(24-8-23-14)6-12(10)20(21)22/h1-6,16H,8,19H2/t16-/m0/s1. The van der Waals surface area contributed by atoms with E-state index in [1.807, 2.05) is 6.07 Å². The van der Waals surface area contributed by atoms with E-state index in [9.17, 15) is 15.4 Å². The van der Waals surface area contributed by atoms with E-state index in [0.29, 0.717) is 28.4 Å². The number of nitrogens with two attached hydrogens (primary N) is 1. The van der Waals surface area contributed by atoms with Crippen molar-refractivity contribution in [3.05, 3.63) is 69.1 Å². The Morgan fingerprint density at radius 1 is 1.16 bits per heavy atom. The summed E-state index contributed by atoms with van der Waals surface area (Å²) in [6.07, 6.45) is 0. The third-order valence-corrected chi connectivity index (χ3v) is 4.15. The highest BCUT2D eigenvalue weighted by molar-refractivity contribution is 5.64. The van der Waals surface area contributed by atoms with E-state index in [4.69, 9.17) is 19.9 Å². The molecule has 2 N–H and O–H groups in total. The zero-order valence-electron chi connectivity index (χ0n) is 12.8. The van der Waals surface area contributed by atoms with Crippen LogP contribution in [0.5, 0.6) is 17.2 Å². The van der Waals surface area contributed by atoms with Crippen LogP contribution in [0.15, 0.2) is 47.9 Å². The monoisotopic (exact) mass is 337 g/mol. The van der Waals surface area contributed by atoms with Crippen LogP contribution in [0.25, 0.3) is 0 Å². The largest absolute Gasteiger partial charge is 0.454 e. The van der Waals surface area contributed by atoms with Gasteiger partial charge in [0.1, 0.15) is 17.4 Å². The molecule has 0 aliphatic carbocycles. The van der Waals surface area contributed by atoms with Crippen LogP contribution in [0.3, 0.4) is 0 Å². The van der Waals surface area contributed by atoms with Crippen molar-refractivity contribution < 1.29 is 19.1 Å². The molecule has 2 aliphatic heterocycles. The van der Waals surface area contributed by atoms with Crippen molar-refractivity contribution >= 4 is 5.69 Å². The van der Waals surface area contributed by atoms with Gasteiger partial charge in [0, 0.05) is 11.1 Å². The fourth-order valence-corrected chi connectivity index (χ4v) is 3.06. The van der Waals surface area contributed by atoms with Gasteiger partial charge in [-0.1, -0.05) is 18.2 Å². The van der Waals surface area contributed by atoms with Crippen LogP contribution < -0.4 is 19.9 Å². The normalized spacial score (nSPS) is 17.5. The van der Waals surface area contributed by atoms with Crippen LogP contribution >= 0.6 is 0 Å². The number of allylic oxidation sites excluding steroid dienone is 1. The van der Waals surface area contributed by atoms with E-state index in [1.54, 1.807) is 24.3 Å². The molecular weight excluding hydrogens is 326 g/mol. The second-order valence-electron chi connectivity index (χ2n) is 5.48. The highest BCUT2D eigenvalue weighted by atomic mass is 16.7. The number of hydrogen-bond donors (Lipinski definition) is 1. The number of fused-ring (bicyclic) bond motifs is 2. The Balaban J connectivity index is 2.00. The zero-order chi connectivity index (χ0) is 17.6. The van der Waals surface area contributed by atoms with Gasteiger partial charge in [0.15, 0.2) is 11.5 Å². The molecule has 8 nitrogen and oxygen atoms in total. The Morgan fingerprint density at radius 3 is 2.60 bits per heavy atom. The summed E-state index contributed by atoms with van der Waals surface area (Å²) in [5.74, 6) is 0.339. The highest BCUT2D eigenvalue weighted by Crippen LogP contribution is 2.48. The topological polar surface area (TPSA) is 121 Å².